The summed E-state index contributed by atoms with van der Waals surface area (Å²) in [5.41, 5.74) is 9.20. The molecule has 1 aromatic carbocycles. The number of benzene rings is 1. The molecule has 0 saturated carbocycles. The molecule has 9 heteroatoms. The summed E-state index contributed by atoms with van der Waals surface area (Å²) in [4.78, 5) is 20.5. The van der Waals surface area contributed by atoms with Crippen LogP contribution in [0, 0.1) is 25.2 Å². The summed E-state index contributed by atoms with van der Waals surface area (Å²) in [6, 6.07) is 11.7. The Morgan fingerprint density at radius 3 is 2.75 bits per heavy atom. The number of nitriles is 1. The van der Waals surface area contributed by atoms with E-state index in [0.29, 0.717) is 10.9 Å². The van der Waals surface area contributed by atoms with Gasteiger partial charge in [-0.05, 0) is 26.0 Å². The Morgan fingerprint density at radius 2 is 2.07 bits per heavy atom. The number of rotatable bonds is 6. The molecule has 3 rings (SSSR count). The number of nitrogens with one attached hydrogen (secondary N) is 1. The molecule has 3 aromatic rings. The minimum Gasteiger partial charge on any atom is -0.382 e. The minimum atomic E-state index is -0.118. The van der Waals surface area contributed by atoms with Crippen LogP contribution in [-0.4, -0.2) is 31.4 Å². The zero-order valence-corrected chi connectivity index (χ0v) is 16.3. The summed E-state index contributed by atoms with van der Waals surface area (Å²) in [7, 11) is 0. The molecule has 3 N–H and O–H groups in total. The number of nitrogens with two attached hydrogens (primary N) is 1. The summed E-state index contributed by atoms with van der Waals surface area (Å²) in [6.07, 6.45) is 1.67. The number of hydrogen-bond donors (Lipinski definition) is 2. The number of thioether (sulfide) groups is 1. The molecule has 2 heterocycles. The fraction of sp³-hybridized carbons (Fsp3) is 0.211. The third-order valence-corrected chi connectivity index (χ3v) is 4.90. The van der Waals surface area contributed by atoms with Crippen molar-refractivity contribution < 1.29 is 4.79 Å². The summed E-state index contributed by atoms with van der Waals surface area (Å²) < 4.78 is 1.81. The summed E-state index contributed by atoms with van der Waals surface area (Å²) in [6.45, 7) is 3.79. The van der Waals surface area contributed by atoms with Gasteiger partial charge in [-0.2, -0.15) is 10.4 Å². The molecule has 0 fully saturated rings. The van der Waals surface area contributed by atoms with Crippen molar-refractivity contribution in [1.82, 2.24) is 19.7 Å². The van der Waals surface area contributed by atoms with Crippen LogP contribution in [0.4, 0.5) is 11.5 Å². The van der Waals surface area contributed by atoms with E-state index in [1.165, 1.54) is 18.0 Å². The highest BCUT2D eigenvalue weighted by Gasteiger charge is 2.15. The first-order chi connectivity index (χ1) is 13.5. The fourth-order valence-corrected chi connectivity index (χ4v) is 3.38. The molecule has 0 unspecified atom stereocenters. The molecular weight excluding hydrogens is 374 g/mol. The highest BCUT2D eigenvalue weighted by atomic mass is 32.2. The van der Waals surface area contributed by atoms with Crippen molar-refractivity contribution in [3.8, 4) is 11.8 Å². The minimum absolute atomic E-state index is 0.118. The smallest absolute Gasteiger partial charge is 0.225 e. The molecular formula is C19H19N7OS. The van der Waals surface area contributed by atoms with Crippen molar-refractivity contribution in [3.63, 3.8) is 0 Å². The number of anilines is 2. The van der Waals surface area contributed by atoms with Gasteiger partial charge in [-0.1, -0.05) is 30.0 Å². The number of aromatic nitrogens is 4. The first-order valence-corrected chi connectivity index (χ1v) is 9.55. The lowest BCUT2D eigenvalue weighted by Crippen LogP contribution is -2.13. The fourth-order valence-electron chi connectivity index (χ4n) is 2.61. The molecule has 0 aliphatic carbocycles. The van der Waals surface area contributed by atoms with Crippen LogP contribution in [0.5, 0.6) is 0 Å². The van der Waals surface area contributed by atoms with Crippen molar-refractivity contribution in [2.45, 2.75) is 25.4 Å². The van der Waals surface area contributed by atoms with E-state index in [1.54, 1.807) is 0 Å². The SMILES string of the molecule is Cc1nn(-c2ccccc2)c(C)c1NC(=O)CCSc1ncc(C#N)c(N)n1. The van der Waals surface area contributed by atoms with Crippen molar-refractivity contribution in [1.29, 1.82) is 5.26 Å². The van der Waals surface area contributed by atoms with E-state index in [0.717, 1.165) is 22.8 Å². The average Bonchev–Trinajstić information content (AvgIpc) is 2.97. The van der Waals surface area contributed by atoms with E-state index >= 15 is 0 Å². The second kappa shape index (κ2) is 8.54. The molecule has 2 aromatic heterocycles. The molecule has 8 nitrogen and oxygen atoms in total. The molecule has 1 amide bonds. The summed E-state index contributed by atoms with van der Waals surface area (Å²) in [5.74, 6) is 0.513. The van der Waals surface area contributed by atoms with E-state index < -0.39 is 0 Å². The van der Waals surface area contributed by atoms with Gasteiger partial charge in [-0.25, -0.2) is 14.6 Å². The lowest BCUT2D eigenvalue weighted by molar-refractivity contribution is -0.115. The molecule has 0 aliphatic rings. The highest BCUT2D eigenvalue weighted by molar-refractivity contribution is 7.99. The van der Waals surface area contributed by atoms with Crippen LogP contribution in [0.2, 0.25) is 0 Å². The molecule has 28 heavy (non-hydrogen) atoms. The lowest BCUT2D eigenvalue weighted by Gasteiger charge is -2.07. The topological polar surface area (TPSA) is 123 Å². The van der Waals surface area contributed by atoms with Crippen molar-refractivity contribution >= 4 is 29.2 Å². The third-order valence-electron chi connectivity index (χ3n) is 4.03. The maximum atomic E-state index is 12.4. The van der Waals surface area contributed by atoms with Crippen LogP contribution in [0.1, 0.15) is 23.4 Å². The van der Waals surface area contributed by atoms with E-state index in [-0.39, 0.29) is 23.7 Å². The zero-order valence-electron chi connectivity index (χ0n) is 15.5. The average molecular weight is 393 g/mol. The lowest BCUT2D eigenvalue weighted by atomic mass is 10.3. The number of amides is 1. The Balaban J connectivity index is 1.60. The van der Waals surface area contributed by atoms with Gasteiger partial charge < -0.3 is 11.1 Å². The Hall–Kier alpha value is -3.38. The molecule has 0 spiro atoms. The van der Waals surface area contributed by atoms with Gasteiger partial charge in [0.25, 0.3) is 0 Å². The molecule has 0 bridgehead atoms. The third kappa shape index (κ3) is 4.29. The highest BCUT2D eigenvalue weighted by Crippen LogP contribution is 2.23. The van der Waals surface area contributed by atoms with Crippen LogP contribution in [0.25, 0.3) is 5.69 Å². The number of aryl methyl sites for hydroxylation is 1. The van der Waals surface area contributed by atoms with Gasteiger partial charge in [0.1, 0.15) is 17.5 Å². The van der Waals surface area contributed by atoms with Crippen molar-refractivity contribution in [2.24, 2.45) is 0 Å². The van der Waals surface area contributed by atoms with Crippen molar-refractivity contribution in [2.75, 3.05) is 16.8 Å². The van der Waals surface area contributed by atoms with E-state index in [1.807, 2.05) is 54.9 Å². The van der Waals surface area contributed by atoms with Gasteiger partial charge in [0.2, 0.25) is 5.91 Å². The van der Waals surface area contributed by atoms with Crippen LogP contribution >= 0.6 is 11.8 Å². The van der Waals surface area contributed by atoms with Crippen LogP contribution in [0.15, 0.2) is 41.7 Å². The molecule has 142 valence electrons. The maximum Gasteiger partial charge on any atom is 0.225 e. The maximum absolute atomic E-state index is 12.4. The first kappa shape index (κ1) is 19.4. The monoisotopic (exact) mass is 393 g/mol. The normalized spacial score (nSPS) is 10.5. The Labute approximate surface area is 166 Å². The van der Waals surface area contributed by atoms with E-state index in [2.05, 4.69) is 20.4 Å². The standard InChI is InChI=1S/C19H19N7OS/c1-12-17(13(2)26(25-12)15-6-4-3-5-7-15)23-16(27)8-9-28-19-22-11-14(10-20)18(21)24-19/h3-7,11H,8-9H2,1-2H3,(H,23,27)(H2,21,22,24). The van der Waals surface area contributed by atoms with Crippen molar-refractivity contribution in [3.05, 3.63) is 53.5 Å². The van der Waals surface area contributed by atoms with Crippen LogP contribution in [0.3, 0.4) is 0 Å². The Bertz CT molecular complexity index is 1040. The number of para-hydroxylation sites is 1. The number of carbonyl (C=O) groups is 1. The molecule has 0 radical (unpaired) electrons. The van der Waals surface area contributed by atoms with Gasteiger partial charge in [0.15, 0.2) is 5.16 Å². The molecule has 0 aliphatic heterocycles. The van der Waals surface area contributed by atoms with Gasteiger partial charge in [0, 0.05) is 12.2 Å². The van der Waals surface area contributed by atoms with Gasteiger partial charge in [0.05, 0.1) is 29.0 Å². The summed E-state index contributed by atoms with van der Waals surface area (Å²) >= 11 is 1.31. The number of nitrogens with zero attached hydrogens (tertiary/aromatic N) is 5. The Kier molecular flexibility index (Phi) is 5.91. The first-order valence-electron chi connectivity index (χ1n) is 8.56. The number of nitrogen functional groups attached to an aromatic ring is 1. The predicted molar refractivity (Wildman–Crippen MR) is 108 cm³/mol. The zero-order chi connectivity index (χ0) is 20.1. The molecule has 0 saturated heterocycles. The van der Waals surface area contributed by atoms with Crippen LogP contribution in [-0.2, 0) is 4.79 Å². The number of hydrogen-bond acceptors (Lipinski definition) is 7. The second-order valence-corrected chi connectivity index (χ2v) is 7.07. The van der Waals surface area contributed by atoms with E-state index in [9.17, 15) is 4.79 Å². The Morgan fingerprint density at radius 1 is 1.32 bits per heavy atom. The summed E-state index contributed by atoms with van der Waals surface area (Å²) in [5, 5.41) is 16.7. The van der Waals surface area contributed by atoms with Gasteiger partial charge in [-0.15, -0.1) is 0 Å². The quantitative estimate of drug-likeness (QED) is 0.487. The van der Waals surface area contributed by atoms with Crippen LogP contribution < -0.4 is 11.1 Å². The molecule has 0 atom stereocenters. The largest absolute Gasteiger partial charge is 0.382 e. The number of carbonyl (C=O) groups excluding carboxylic acids is 1. The van der Waals surface area contributed by atoms with Gasteiger partial charge in [-0.3, -0.25) is 4.79 Å². The van der Waals surface area contributed by atoms with Gasteiger partial charge >= 0.3 is 0 Å². The predicted octanol–water partition coefficient (Wildman–Crippen LogP) is 2.85. The van der Waals surface area contributed by atoms with E-state index in [4.69, 9.17) is 11.0 Å². The second-order valence-electron chi connectivity index (χ2n) is 6.00.